The maximum atomic E-state index is 11.4. The zero-order valence-corrected chi connectivity index (χ0v) is 24.5. The molecule has 1 unspecified atom stereocenters. The Morgan fingerprint density at radius 3 is 1.22 bits per heavy atom. The quantitative estimate of drug-likeness (QED) is 0.0728. The highest BCUT2D eigenvalue weighted by Gasteiger charge is 2.07. The number of unbranched alkanes of at least 4 members (excludes halogenated alkanes) is 20. The number of ether oxygens (including phenoxy) is 1. The Balaban J connectivity index is 0. The highest BCUT2D eigenvalue weighted by atomic mass is 16.5. The van der Waals surface area contributed by atoms with Crippen LogP contribution in [0.15, 0.2) is 0 Å². The van der Waals surface area contributed by atoms with Crippen LogP contribution in [0.1, 0.15) is 168 Å². The van der Waals surface area contributed by atoms with E-state index in [9.17, 15) is 9.59 Å². The number of carboxylic acid groups (broad SMARTS) is 1. The van der Waals surface area contributed by atoms with Gasteiger partial charge in [-0.25, -0.2) is 0 Å². The van der Waals surface area contributed by atoms with E-state index in [-0.39, 0.29) is 19.2 Å². The minimum atomic E-state index is -0.954. The van der Waals surface area contributed by atoms with Crippen molar-refractivity contribution in [2.45, 2.75) is 174 Å². The summed E-state index contributed by atoms with van der Waals surface area (Å²) in [5, 5.41) is 26.1. The SMILES string of the molecule is CCCCCCCCCC(=O)O.CCCCCCCCCCCCCCCCCC(=O)OCC(O)CO. The molecule has 0 radical (unpaired) electrons. The van der Waals surface area contributed by atoms with Crippen LogP contribution in [0.4, 0.5) is 0 Å². The van der Waals surface area contributed by atoms with E-state index < -0.39 is 12.1 Å². The Kier molecular flexibility index (Phi) is 33.8. The lowest BCUT2D eigenvalue weighted by Crippen LogP contribution is -2.21. The molecule has 3 N–H and O–H groups in total. The number of aliphatic hydroxyl groups excluding tert-OH is 2. The number of aliphatic hydroxyl groups is 2. The van der Waals surface area contributed by atoms with E-state index in [0.717, 1.165) is 25.7 Å². The van der Waals surface area contributed by atoms with Gasteiger partial charge >= 0.3 is 11.9 Å². The highest BCUT2D eigenvalue weighted by Crippen LogP contribution is 2.14. The molecule has 0 aromatic carbocycles. The molecule has 0 amide bonds. The smallest absolute Gasteiger partial charge is 0.305 e. The van der Waals surface area contributed by atoms with Crippen molar-refractivity contribution in [2.24, 2.45) is 0 Å². The highest BCUT2D eigenvalue weighted by molar-refractivity contribution is 5.69. The fourth-order valence-electron chi connectivity index (χ4n) is 4.19. The number of aliphatic carboxylic acids is 1. The summed E-state index contributed by atoms with van der Waals surface area (Å²) in [7, 11) is 0. The zero-order valence-electron chi connectivity index (χ0n) is 24.5. The van der Waals surface area contributed by atoms with Crippen LogP contribution in [0.25, 0.3) is 0 Å². The molecule has 0 aromatic rings. The molecule has 0 fully saturated rings. The van der Waals surface area contributed by atoms with Crippen molar-refractivity contribution < 1.29 is 29.6 Å². The third kappa shape index (κ3) is 37.1. The van der Waals surface area contributed by atoms with E-state index in [1.165, 1.54) is 116 Å². The number of carboxylic acids is 1. The lowest BCUT2D eigenvalue weighted by Gasteiger charge is -2.08. The molecule has 0 saturated heterocycles. The van der Waals surface area contributed by atoms with Crippen molar-refractivity contribution in [2.75, 3.05) is 13.2 Å². The van der Waals surface area contributed by atoms with Gasteiger partial charge in [0.1, 0.15) is 12.7 Å². The molecule has 0 rings (SSSR count). The van der Waals surface area contributed by atoms with Gasteiger partial charge in [0.25, 0.3) is 0 Å². The Morgan fingerprint density at radius 2 is 0.892 bits per heavy atom. The predicted octanol–water partition coefficient (Wildman–Crippen LogP) is 8.36. The second kappa shape index (κ2) is 32.9. The summed E-state index contributed by atoms with van der Waals surface area (Å²) >= 11 is 0. The molecule has 37 heavy (non-hydrogen) atoms. The lowest BCUT2D eigenvalue weighted by molar-refractivity contribution is -0.147. The summed E-state index contributed by atoms with van der Waals surface area (Å²) in [6.45, 7) is 3.99. The van der Waals surface area contributed by atoms with E-state index in [4.69, 9.17) is 20.1 Å². The maximum Gasteiger partial charge on any atom is 0.305 e. The topological polar surface area (TPSA) is 104 Å². The van der Waals surface area contributed by atoms with Crippen LogP contribution in [0.5, 0.6) is 0 Å². The third-order valence-electron chi connectivity index (χ3n) is 6.63. The zero-order chi connectivity index (χ0) is 27.8. The van der Waals surface area contributed by atoms with Crippen LogP contribution in [0.3, 0.4) is 0 Å². The molecule has 0 aliphatic carbocycles. The number of hydrogen-bond acceptors (Lipinski definition) is 5. The molecule has 0 heterocycles. The first-order chi connectivity index (χ1) is 18.0. The van der Waals surface area contributed by atoms with Gasteiger partial charge in [-0.3, -0.25) is 9.59 Å². The monoisotopic (exact) mass is 530 g/mol. The lowest BCUT2D eigenvalue weighted by atomic mass is 10.0. The summed E-state index contributed by atoms with van der Waals surface area (Å²) in [5.74, 6) is -0.939. The summed E-state index contributed by atoms with van der Waals surface area (Å²) in [4.78, 5) is 21.5. The minimum Gasteiger partial charge on any atom is -0.481 e. The third-order valence-corrected chi connectivity index (χ3v) is 6.63. The van der Waals surface area contributed by atoms with E-state index in [1.54, 1.807) is 0 Å². The van der Waals surface area contributed by atoms with Gasteiger partial charge in [-0.1, -0.05) is 142 Å². The number of rotatable bonds is 27. The van der Waals surface area contributed by atoms with Gasteiger partial charge in [-0.05, 0) is 12.8 Å². The van der Waals surface area contributed by atoms with Crippen molar-refractivity contribution in [3.8, 4) is 0 Å². The number of carbonyl (C=O) groups is 2. The van der Waals surface area contributed by atoms with Gasteiger partial charge in [0, 0.05) is 12.8 Å². The van der Waals surface area contributed by atoms with Gasteiger partial charge < -0.3 is 20.1 Å². The maximum absolute atomic E-state index is 11.4. The molecule has 0 aliphatic rings. The number of hydrogen-bond donors (Lipinski definition) is 3. The molecule has 6 nitrogen and oxygen atoms in total. The van der Waals surface area contributed by atoms with E-state index >= 15 is 0 Å². The molecule has 0 aromatic heterocycles. The van der Waals surface area contributed by atoms with Gasteiger partial charge in [0.15, 0.2) is 0 Å². The van der Waals surface area contributed by atoms with Crippen molar-refractivity contribution in [3.63, 3.8) is 0 Å². The molecule has 0 saturated carbocycles. The second-order valence-electron chi connectivity index (χ2n) is 10.5. The van der Waals surface area contributed by atoms with Gasteiger partial charge in [-0.15, -0.1) is 0 Å². The molecule has 222 valence electrons. The van der Waals surface area contributed by atoms with Crippen molar-refractivity contribution >= 4 is 11.9 Å². The molecule has 1 atom stereocenters. The summed E-state index contributed by atoms with van der Waals surface area (Å²) < 4.78 is 4.86. The second-order valence-corrected chi connectivity index (χ2v) is 10.5. The fourth-order valence-corrected chi connectivity index (χ4v) is 4.19. The Bertz CT molecular complexity index is 469. The van der Waals surface area contributed by atoms with Crippen LogP contribution >= 0.6 is 0 Å². The van der Waals surface area contributed by atoms with Crippen LogP contribution in [0, 0.1) is 0 Å². The Morgan fingerprint density at radius 1 is 0.568 bits per heavy atom. The van der Waals surface area contributed by atoms with Crippen LogP contribution in [-0.4, -0.2) is 46.6 Å². The van der Waals surface area contributed by atoms with E-state index in [1.807, 2.05) is 0 Å². The Hall–Kier alpha value is -1.14. The molecule has 0 bridgehead atoms. The van der Waals surface area contributed by atoms with E-state index in [2.05, 4.69) is 13.8 Å². The summed E-state index contributed by atoms with van der Waals surface area (Å²) in [5.41, 5.74) is 0. The molecular weight excluding hydrogens is 468 g/mol. The molecule has 6 heteroatoms. The first kappa shape index (κ1) is 38.0. The van der Waals surface area contributed by atoms with Gasteiger partial charge in [0.2, 0.25) is 0 Å². The fraction of sp³-hybridized carbons (Fsp3) is 0.935. The number of carbonyl (C=O) groups excluding carboxylic acids is 1. The van der Waals surface area contributed by atoms with Crippen molar-refractivity contribution in [3.05, 3.63) is 0 Å². The normalized spacial score (nSPS) is 11.6. The van der Waals surface area contributed by atoms with Gasteiger partial charge in [-0.2, -0.15) is 0 Å². The predicted molar refractivity (Wildman–Crippen MR) is 154 cm³/mol. The average Bonchev–Trinajstić information content (AvgIpc) is 2.89. The first-order valence-corrected chi connectivity index (χ1v) is 15.6. The average molecular weight is 531 g/mol. The standard InChI is InChI=1S/C21H42O4.C10H20O2/c1-2-3-4-5-6-7-8-9-10-11-12-13-14-15-16-17-21(24)25-19-20(23)18-22;1-2-3-4-5-6-7-8-9-10(11)12/h20,22-23H,2-19H2,1H3;2-9H2,1H3,(H,11,12). The minimum absolute atomic E-state index is 0.103. The summed E-state index contributed by atoms with van der Waals surface area (Å²) in [6.07, 6.45) is 27.7. The van der Waals surface area contributed by atoms with Crippen molar-refractivity contribution in [1.29, 1.82) is 0 Å². The first-order valence-electron chi connectivity index (χ1n) is 15.6. The van der Waals surface area contributed by atoms with Crippen LogP contribution in [-0.2, 0) is 14.3 Å². The molecule has 0 spiro atoms. The van der Waals surface area contributed by atoms with E-state index in [0.29, 0.717) is 12.8 Å². The van der Waals surface area contributed by atoms with Gasteiger partial charge in [0.05, 0.1) is 6.61 Å². The Labute approximate surface area is 229 Å². The van der Waals surface area contributed by atoms with Crippen LogP contribution in [0.2, 0.25) is 0 Å². The summed E-state index contributed by atoms with van der Waals surface area (Å²) in [6, 6.07) is 0. The molecular formula is C31H62O6. The number of esters is 1. The van der Waals surface area contributed by atoms with Crippen LogP contribution < -0.4 is 0 Å². The largest absolute Gasteiger partial charge is 0.481 e. The van der Waals surface area contributed by atoms with Crippen molar-refractivity contribution in [1.82, 2.24) is 0 Å². The molecule has 0 aliphatic heterocycles.